The van der Waals surface area contributed by atoms with Gasteiger partial charge in [-0.2, -0.15) is 0 Å². The number of carboxylic acids is 1. The number of nitrogens with zero attached hydrogens (tertiary/aromatic N) is 1. The fourth-order valence-corrected chi connectivity index (χ4v) is 2.63. The number of benzene rings is 1. The number of carboxylic acid groups (broad SMARTS) is 1. The molecule has 1 heterocycles. The van der Waals surface area contributed by atoms with Crippen LogP contribution in [0.5, 0.6) is 5.75 Å². The maximum absolute atomic E-state index is 12.6. The first-order chi connectivity index (χ1) is 13.0. The molecule has 152 valence electrons. The highest BCUT2D eigenvalue weighted by molar-refractivity contribution is 6.19. The molecule has 0 saturated carbocycles. The molecule has 8 nitrogen and oxygen atoms in total. The van der Waals surface area contributed by atoms with Gasteiger partial charge in [-0.25, -0.2) is 0 Å². The summed E-state index contributed by atoms with van der Waals surface area (Å²) in [5, 5.41) is 20.7. The zero-order chi connectivity index (χ0) is 21.1. The number of ether oxygens (including phenoxy) is 1. The molecule has 0 saturated heterocycles. The molecule has 1 aromatic carbocycles. The van der Waals surface area contributed by atoms with Crippen molar-refractivity contribution in [1.29, 1.82) is 0 Å². The second-order valence-electron chi connectivity index (χ2n) is 6.12. The van der Waals surface area contributed by atoms with Crippen LogP contribution in [0.2, 0.25) is 0 Å². The molecule has 1 aromatic rings. The van der Waals surface area contributed by atoms with E-state index in [1.54, 1.807) is 6.92 Å². The quantitative estimate of drug-likeness (QED) is 0.622. The largest absolute Gasteiger partial charge is 0.573 e. The Labute approximate surface area is 157 Å². The highest BCUT2D eigenvalue weighted by atomic mass is 19.4. The van der Waals surface area contributed by atoms with Gasteiger partial charge in [0, 0.05) is 19.0 Å². The summed E-state index contributed by atoms with van der Waals surface area (Å²) in [7, 11) is 0. The van der Waals surface area contributed by atoms with Gasteiger partial charge in [-0.3, -0.25) is 14.4 Å². The lowest BCUT2D eigenvalue weighted by atomic mass is 9.97. The van der Waals surface area contributed by atoms with Crippen molar-refractivity contribution in [3.05, 3.63) is 41.2 Å². The molecule has 2 rings (SSSR count). The molecule has 0 spiro atoms. The number of aliphatic hydroxyl groups excluding tert-OH is 1. The van der Waals surface area contributed by atoms with Crippen LogP contribution >= 0.6 is 0 Å². The van der Waals surface area contributed by atoms with E-state index in [1.165, 1.54) is 17.0 Å². The van der Waals surface area contributed by atoms with E-state index in [9.17, 15) is 32.7 Å². The molecule has 1 aliphatic heterocycles. The SMILES string of the molecule is CC1CN(Cc2ccc(OC(F)(F)F)cc2)C(=O)C(C(=O)NCC(=O)O)=C1O. The molecule has 0 aromatic heterocycles. The number of hydrogen-bond donors (Lipinski definition) is 3. The number of amides is 2. The number of carbonyl (C=O) groups is 3. The fraction of sp³-hybridized carbons (Fsp3) is 0.353. The molecule has 3 N–H and O–H groups in total. The summed E-state index contributed by atoms with van der Waals surface area (Å²) >= 11 is 0. The zero-order valence-corrected chi connectivity index (χ0v) is 14.6. The number of nitrogens with one attached hydrogen (secondary N) is 1. The molecule has 0 radical (unpaired) electrons. The zero-order valence-electron chi connectivity index (χ0n) is 14.6. The van der Waals surface area contributed by atoms with E-state index in [4.69, 9.17) is 5.11 Å². The minimum atomic E-state index is -4.82. The molecule has 0 bridgehead atoms. The Hall–Kier alpha value is -3.24. The van der Waals surface area contributed by atoms with Gasteiger partial charge in [0.25, 0.3) is 11.8 Å². The number of hydrogen-bond acceptors (Lipinski definition) is 5. The van der Waals surface area contributed by atoms with Crippen molar-refractivity contribution in [1.82, 2.24) is 10.2 Å². The molecule has 2 amide bonds. The summed E-state index contributed by atoms with van der Waals surface area (Å²) in [5.74, 6) is -4.60. The van der Waals surface area contributed by atoms with E-state index in [2.05, 4.69) is 4.74 Å². The number of aliphatic carboxylic acids is 1. The van der Waals surface area contributed by atoms with Gasteiger partial charge in [0.15, 0.2) is 0 Å². The van der Waals surface area contributed by atoms with Crippen molar-refractivity contribution in [3.8, 4) is 5.75 Å². The second kappa shape index (κ2) is 8.19. The summed E-state index contributed by atoms with van der Waals surface area (Å²) in [6, 6.07) is 4.85. The average molecular weight is 402 g/mol. The molecular formula is C17H17F3N2O6. The second-order valence-corrected chi connectivity index (χ2v) is 6.12. The maximum Gasteiger partial charge on any atom is 0.573 e. The molecule has 0 aliphatic carbocycles. The monoisotopic (exact) mass is 402 g/mol. The van der Waals surface area contributed by atoms with Crippen LogP contribution < -0.4 is 10.1 Å². The predicted octanol–water partition coefficient (Wildman–Crippen LogP) is 1.58. The number of aliphatic hydroxyl groups is 1. The van der Waals surface area contributed by atoms with Crippen molar-refractivity contribution in [2.75, 3.05) is 13.1 Å². The van der Waals surface area contributed by atoms with E-state index in [-0.39, 0.29) is 13.1 Å². The van der Waals surface area contributed by atoms with E-state index >= 15 is 0 Å². The van der Waals surface area contributed by atoms with Crippen LogP contribution in [0.4, 0.5) is 13.2 Å². The van der Waals surface area contributed by atoms with Gasteiger partial charge in [0.1, 0.15) is 23.6 Å². The Kier molecular flexibility index (Phi) is 6.16. The molecular weight excluding hydrogens is 385 g/mol. The van der Waals surface area contributed by atoms with Crippen LogP contribution in [0.25, 0.3) is 0 Å². The lowest BCUT2D eigenvalue weighted by molar-refractivity contribution is -0.274. The summed E-state index contributed by atoms with van der Waals surface area (Å²) in [5.41, 5.74) is -0.0845. The lowest BCUT2D eigenvalue weighted by Crippen LogP contribution is -2.45. The third-order valence-corrected chi connectivity index (χ3v) is 3.88. The van der Waals surface area contributed by atoms with Crippen molar-refractivity contribution < 1.29 is 42.5 Å². The number of halogens is 3. The predicted molar refractivity (Wildman–Crippen MR) is 88.0 cm³/mol. The van der Waals surface area contributed by atoms with Crippen molar-refractivity contribution in [2.45, 2.75) is 19.8 Å². The van der Waals surface area contributed by atoms with E-state index < -0.39 is 53.7 Å². The maximum atomic E-state index is 12.6. The van der Waals surface area contributed by atoms with Crippen LogP contribution in [-0.4, -0.2) is 52.3 Å². The molecule has 11 heteroatoms. The van der Waals surface area contributed by atoms with Crippen LogP contribution in [-0.2, 0) is 20.9 Å². The number of rotatable bonds is 6. The Morgan fingerprint density at radius 3 is 2.43 bits per heavy atom. The van der Waals surface area contributed by atoms with Gasteiger partial charge in [-0.15, -0.1) is 13.2 Å². The van der Waals surface area contributed by atoms with E-state index in [1.807, 2.05) is 5.32 Å². The normalized spacial score (nSPS) is 17.5. The minimum absolute atomic E-state index is 0.0293. The molecule has 1 unspecified atom stereocenters. The van der Waals surface area contributed by atoms with Gasteiger partial charge < -0.3 is 25.2 Å². The molecule has 1 aliphatic rings. The van der Waals surface area contributed by atoms with Gasteiger partial charge >= 0.3 is 12.3 Å². The third kappa shape index (κ3) is 5.38. The Morgan fingerprint density at radius 1 is 1.29 bits per heavy atom. The molecule has 1 atom stereocenters. The van der Waals surface area contributed by atoms with Gasteiger partial charge in [-0.05, 0) is 17.7 Å². The van der Waals surface area contributed by atoms with E-state index in [0.29, 0.717) is 5.56 Å². The van der Waals surface area contributed by atoms with Gasteiger partial charge in [0.2, 0.25) is 0 Å². The summed E-state index contributed by atoms with van der Waals surface area (Å²) in [6.07, 6.45) is -4.82. The van der Waals surface area contributed by atoms with Crippen LogP contribution in [0.15, 0.2) is 35.6 Å². The Balaban J connectivity index is 2.13. The Morgan fingerprint density at radius 2 is 1.89 bits per heavy atom. The van der Waals surface area contributed by atoms with Crippen LogP contribution in [0.3, 0.4) is 0 Å². The highest BCUT2D eigenvalue weighted by Gasteiger charge is 2.36. The summed E-state index contributed by atoms with van der Waals surface area (Å²) in [4.78, 5) is 36.4. The standard InChI is InChI=1S/C17H17F3N2O6/c1-9-7-22(8-10-2-4-11(5-3-10)28-17(18,19)20)16(27)13(14(9)25)15(26)21-6-12(23)24/h2-5,9,25H,6-8H2,1H3,(H,21,26)(H,23,24). The smallest absolute Gasteiger partial charge is 0.511 e. The molecule has 28 heavy (non-hydrogen) atoms. The Bertz CT molecular complexity index is 804. The molecule has 0 fully saturated rings. The first kappa shape index (κ1) is 21.1. The third-order valence-electron chi connectivity index (χ3n) is 3.88. The highest BCUT2D eigenvalue weighted by Crippen LogP contribution is 2.26. The van der Waals surface area contributed by atoms with Crippen molar-refractivity contribution in [2.24, 2.45) is 5.92 Å². The number of carbonyl (C=O) groups excluding carboxylic acids is 2. The minimum Gasteiger partial charge on any atom is -0.511 e. The van der Waals surface area contributed by atoms with Crippen molar-refractivity contribution >= 4 is 17.8 Å². The van der Waals surface area contributed by atoms with Crippen molar-refractivity contribution in [3.63, 3.8) is 0 Å². The van der Waals surface area contributed by atoms with Gasteiger partial charge in [-0.1, -0.05) is 19.1 Å². The topological polar surface area (TPSA) is 116 Å². The van der Waals surface area contributed by atoms with Crippen LogP contribution in [0.1, 0.15) is 12.5 Å². The van der Waals surface area contributed by atoms with Gasteiger partial charge in [0.05, 0.1) is 0 Å². The summed E-state index contributed by atoms with van der Waals surface area (Å²) in [6.45, 7) is 0.886. The lowest BCUT2D eigenvalue weighted by Gasteiger charge is -2.31. The first-order valence-corrected chi connectivity index (χ1v) is 8.05. The fourth-order valence-electron chi connectivity index (χ4n) is 2.63. The van der Waals surface area contributed by atoms with E-state index in [0.717, 1.165) is 12.1 Å². The summed E-state index contributed by atoms with van der Waals surface area (Å²) < 4.78 is 40.4. The average Bonchev–Trinajstić information content (AvgIpc) is 2.58. The number of alkyl halides is 3. The first-order valence-electron chi connectivity index (χ1n) is 8.05. The van der Waals surface area contributed by atoms with Crippen LogP contribution in [0, 0.1) is 5.92 Å².